The molecule has 10 rings (SSSR count). The highest BCUT2D eigenvalue weighted by atomic mass is 15.0. The van der Waals surface area contributed by atoms with Crippen LogP contribution in [0.3, 0.4) is 0 Å². The highest BCUT2D eigenvalue weighted by molar-refractivity contribution is 5.86. The van der Waals surface area contributed by atoms with Crippen molar-refractivity contribution in [3.05, 3.63) is 139 Å². The standard InChI is InChI=1S/C44H36N4/c45-28-29-8-7-13-36(23-29)37-16-19-39(40(24-37)33-9-3-1-4-10-33)43-47-41(34-11-5-2-6-12-34)46-42(48-43)35-14-17-38(18-15-35)44-25-30-20-31(26-44)22-32(21-30)27-44/h1-19,23-24,30-32H,20-22,25-27H2/t30-,31-,32-,44?. The van der Waals surface area contributed by atoms with E-state index in [4.69, 9.17) is 15.0 Å². The predicted molar refractivity (Wildman–Crippen MR) is 192 cm³/mol. The maximum atomic E-state index is 9.53. The Labute approximate surface area is 282 Å². The quantitative estimate of drug-likeness (QED) is 0.186. The largest absolute Gasteiger partial charge is 0.208 e. The lowest BCUT2D eigenvalue weighted by Gasteiger charge is -2.57. The van der Waals surface area contributed by atoms with E-state index >= 15 is 0 Å². The molecule has 0 N–H and O–H groups in total. The number of benzene rings is 5. The first-order valence-electron chi connectivity index (χ1n) is 17.3. The summed E-state index contributed by atoms with van der Waals surface area (Å²) in [6.45, 7) is 0. The van der Waals surface area contributed by atoms with Gasteiger partial charge in [0.25, 0.3) is 0 Å². The smallest absolute Gasteiger partial charge is 0.164 e. The van der Waals surface area contributed by atoms with Crippen LogP contribution in [-0.2, 0) is 5.41 Å². The Kier molecular flexibility index (Phi) is 7.01. The van der Waals surface area contributed by atoms with Crippen LogP contribution in [0.5, 0.6) is 0 Å². The van der Waals surface area contributed by atoms with Crippen molar-refractivity contribution in [1.29, 1.82) is 5.26 Å². The summed E-state index contributed by atoms with van der Waals surface area (Å²) in [7, 11) is 0. The Morgan fingerprint density at radius 3 is 1.62 bits per heavy atom. The summed E-state index contributed by atoms with van der Waals surface area (Å²) in [5, 5.41) is 9.53. The van der Waals surface area contributed by atoms with Crippen molar-refractivity contribution in [1.82, 2.24) is 15.0 Å². The van der Waals surface area contributed by atoms with Crippen molar-refractivity contribution in [3.63, 3.8) is 0 Å². The molecule has 0 spiro atoms. The lowest BCUT2D eigenvalue weighted by atomic mass is 9.48. The Balaban J connectivity index is 1.16. The van der Waals surface area contributed by atoms with Crippen molar-refractivity contribution < 1.29 is 0 Å². The van der Waals surface area contributed by atoms with Crippen molar-refractivity contribution in [2.45, 2.75) is 43.9 Å². The molecule has 4 nitrogen and oxygen atoms in total. The van der Waals surface area contributed by atoms with Gasteiger partial charge in [0.2, 0.25) is 0 Å². The SMILES string of the molecule is N#Cc1cccc(-c2ccc(-c3nc(-c4ccccc4)nc(-c4ccc(C56C[C@H]7C[C@H](C5)C[C@@H](C6)C7)cc4)n3)c(-c3ccccc3)c2)c1. The van der Waals surface area contributed by atoms with Gasteiger partial charge in [0.1, 0.15) is 0 Å². The van der Waals surface area contributed by atoms with Crippen LogP contribution in [0.2, 0.25) is 0 Å². The molecule has 4 heteroatoms. The van der Waals surface area contributed by atoms with E-state index in [9.17, 15) is 5.26 Å². The molecule has 0 amide bonds. The molecule has 6 aromatic rings. The Morgan fingerprint density at radius 2 is 1.00 bits per heavy atom. The van der Waals surface area contributed by atoms with Crippen molar-refractivity contribution >= 4 is 0 Å². The normalized spacial score (nSPS) is 22.4. The van der Waals surface area contributed by atoms with Gasteiger partial charge < -0.3 is 0 Å². The molecule has 1 aromatic heterocycles. The zero-order valence-corrected chi connectivity index (χ0v) is 26.9. The van der Waals surface area contributed by atoms with Gasteiger partial charge in [0.15, 0.2) is 17.5 Å². The number of rotatable bonds is 6. The molecule has 5 aromatic carbocycles. The van der Waals surface area contributed by atoms with Gasteiger partial charge in [-0.15, -0.1) is 0 Å². The molecule has 0 aliphatic heterocycles. The van der Waals surface area contributed by atoms with E-state index < -0.39 is 0 Å². The van der Waals surface area contributed by atoms with Crippen LogP contribution in [0, 0.1) is 29.1 Å². The summed E-state index contributed by atoms with van der Waals surface area (Å²) < 4.78 is 0. The first-order chi connectivity index (χ1) is 23.6. The zero-order chi connectivity index (χ0) is 32.1. The topological polar surface area (TPSA) is 62.5 Å². The van der Waals surface area contributed by atoms with Crippen LogP contribution >= 0.6 is 0 Å². The third-order valence-corrected chi connectivity index (χ3v) is 11.1. The number of nitriles is 1. The molecule has 48 heavy (non-hydrogen) atoms. The summed E-state index contributed by atoms with van der Waals surface area (Å²) in [6.07, 6.45) is 8.41. The number of aromatic nitrogens is 3. The highest BCUT2D eigenvalue weighted by Crippen LogP contribution is 2.60. The second-order valence-electron chi connectivity index (χ2n) is 14.3. The van der Waals surface area contributed by atoms with Gasteiger partial charge in [-0.25, -0.2) is 15.0 Å². The van der Waals surface area contributed by atoms with Crippen LogP contribution in [-0.4, -0.2) is 15.0 Å². The molecule has 0 unspecified atom stereocenters. The van der Waals surface area contributed by atoms with Gasteiger partial charge in [0.05, 0.1) is 11.6 Å². The minimum absolute atomic E-state index is 0.353. The fraction of sp³-hybridized carbons (Fsp3) is 0.227. The summed E-state index contributed by atoms with van der Waals surface area (Å²) in [5.74, 6) is 4.72. The molecule has 4 aliphatic rings. The fourth-order valence-corrected chi connectivity index (χ4v) is 9.32. The van der Waals surface area contributed by atoms with E-state index in [1.54, 1.807) is 0 Å². The Hall–Kier alpha value is -5.40. The monoisotopic (exact) mass is 620 g/mol. The first kappa shape index (κ1) is 28.8. The Bertz CT molecular complexity index is 2130. The molecule has 4 aliphatic carbocycles. The van der Waals surface area contributed by atoms with E-state index in [0.717, 1.165) is 56.7 Å². The van der Waals surface area contributed by atoms with Gasteiger partial charge in [-0.05, 0) is 114 Å². The van der Waals surface area contributed by atoms with E-state index in [1.165, 1.54) is 44.1 Å². The zero-order valence-electron chi connectivity index (χ0n) is 26.9. The van der Waals surface area contributed by atoms with Gasteiger partial charge in [0, 0.05) is 16.7 Å². The minimum atomic E-state index is 0.353. The van der Waals surface area contributed by atoms with Gasteiger partial charge >= 0.3 is 0 Å². The number of hydrogen-bond acceptors (Lipinski definition) is 4. The third kappa shape index (κ3) is 5.20. The number of hydrogen-bond donors (Lipinski definition) is 0. The van der Waals surface area contributed by atoms with Crippen molar-refractivity contribution in [2.24, 2.45) is 17.8 Å². The molecular formula is C44H36N4. The second-order valence-corrected chi connectivity index (χ2v) is 14.3. The van der Waals surface area contributed by atoms with Gasteiger partial charge in [-0.1, -0.05) is 103 Å². The predicted octanol–water partition coefficient (Wildman–Crippen LogP) is 10.5. The summed E-state index contributed by atoms with van der Waals surface area (Å²) in [6, 6.07) is 46.2. The molecule has 0 atom stereocenters. The van der Waals surface area contributed by atoms with Crippen LogP contribution in [0.15, 0.2) is 127 Å². The average molecular weight is 621 g/mol. The maximum Gasteiger partial charge on any atom is 0.164 e. The maximum absolute atomic E-state index is 9.53. The fourth-order valence-electron chi connectivity index (χ4n) is 9.32. The molecule has 4 bridgehead atoms. The molecule has 0 radical (unpaired) electrons. The lowest BCUT2D eigenvalue weighted by Crippen LogP contribution is -2.48. The minimum Gasteiger partial charge on any atom is -0.208 e. The summed E-state index contributed by atoms with van der Waals surface area (Å²) >= 11 is 0. The molecule has 0 saturated heterocycles. The number of nitrogens with zero attached hydrogens (tertiary/aromatic N) is 4. The van der Waals surface area contributed by atoms with E-state index in [2.05, 4.69) is 84.9 Å². The van der Waals surface area contributed by atoms with Gasteiger partial charge in [-0.2, -0.15) is 5.26 Å². The van der Waals surface area contributed by atoms with E-state index in [-0.39, 0.29) is 0 Å². The van der Waals surface area contributed by atoms with Crippen LogP contribution < -0.4 is 0 Å². The van der Waals surface area contributed by atoms with E-state index in [1.807, 2.05) is 48.5 Å². The molecular weight excluding hydrogens is 585 g/mol. The third-order valence-electron chi connectivity index (χ3n) is 11.1. The van der Waals surface area contributed by atoms with Crippen molar-refractivity contribution in [2.75, 3.05) is 0 Å². The van der Waals surface area contributed by atoms with Crippen LogP contribution in [0.25, 0.3) is 56.4 Å². The van der Waals surface area contributed by atoms with Gasteiger partial charge in [-0.3, -0.25) is 0 Å². The first-order valence-corrected chi connectivity index (χ1v) is 17.3. The molecule has 4 saturated carbocycles. The average Bonchev–Trinajstić information content (AvgIpc) is 3.15. The van der Waals surface area contributed by atoms with Crippen molar-refractivity contribution in [3.8, 4) is 62.5 Å². The van der Waals surface area contributed by atoms with Crippen LogP contribution in [0.1, 0.15) is 49.7 Å². The molecule has 1 heterocycles. The summed E-state index contributed by atoms with van der Waals surface area (Å²) in [4.78, 5) is 15.3. The lowest BCUT2D eigenvalue weighted by molar-refractivity contribution is -0.00518. The summed E-state index contributed by atoms with van der Waals surface area (Å²) in [5.41, 5.74) is 9.54. The van der Waals surface area contributed by atoms with Crippen LogP contribution in [0.4, 0.5) is 0 Å². The second kappa shape index (κ2) is 11.7. The Morgan fingerprint density at radius 1 is 0.479 bits per heavy atom. The molecule has 232 valence electrons. The highest BCUT2D eigenvalue weighted by Gasteiger charge is 2.51. The molecule has 4 fully saturated rings. The van der Waals surface area contributed by atoms with E-state index in [0.29, 0.717) is 28.5 Å².